The summed E-state index contributed by atoms with van der Waals surface area (Å²) >= 11 is 0. The maximum atomic E-state index is 8.83. The fourth-order valence-electron chi connectivity index (χ4n) is 2.56. The van der Waals surface area contributed by atoms with Crippen molar-refractivity contribution in [3.8, 4) is 0 Å². The van der Waals surface area contributed by atoms with Crippen molar-refractivity contribution in [1.29, 1.82) is 0 Å². The van der Waals surface area contributed by atoms with Crippen molar-refractivity contribution in [1.82, 2.24) is 9.80 Å². The Morgan fingerprint density at radius 1 is 1.24 bits per heavy atom. The third-order valence-corrected chi connectivity index (χ3v) is 3.75. The molecule has 1 unspecified atom stereocenters. The average Bonchev–Trinajstić information content (AvgIpc) is 2.38. The summed E-state index contributed by atoms with van der Waals surface area (Å²) in [5, 5.41) is 12.2. The summed E-state index contributed by atoms with van der Waals surface area (Å²) in [4.78, 5) is 4.93. The Balaban J connectivity index is 1.69. The first-order valence-corrected chi connectivity index (χ1v) is 6.53. The van der Waals surface area contributed by atoms with Crippen LogP contribution in [0.5, 0.6) is 0 Å². The molecule has 17 heavy (non-hydrogen) atoms. The molecule has 5 heteroatoms. The van der Waals surface area contributed by atoms with E-state index in [4.69, 9.17) is 9.94 Å². The van der Waals surface area contributed by atoms with Gasteiger partial charge in [0.25, 0.3) is 0 Å². The third-order valence-electron chi connectivity index (χ3n) is 3.75. The van der Waals surface area contributed by atoms with E-state index >= 15 is 0 Å². The molecule has 5 nitrogen and oxygen atoms in total. The van der Waals surface area contributed by atoms with Gasteiger partial charge in [-0.05, 0) is 0 Å². The number of rotatable bonds is 3. The molecule has 0 radical (unpaired) electrons. The van der Waals surface area contributed by atoms with Crippen LogP contribution in [0.1, 0.15) is 13.3 Å². The minimum atomic E-state index is 0.387. The first kappa shape index (κ1) is 12.8. The van der Waals surface area contributed by atoms with Gasteiger partial charge in [0.2, 0.25) is 0 Å². The molecule has 2 fully saturated rings. The quantitative estimate of drug-likeness (QED) is 0.577. The molecule has 0 aliphatic carbocycles. The summed E-state index contributed by atoms with van der Waals surface area (Å²) in [6, 6.07) is 0. The first-order chi connectivity index (χ1) is 8.29. The number of hydrogen-bond donors (Lipinski definition) is 1. The topological polar surface area (TPSA) is 48.3 Å². The lowest BCUT2D eigenvalue weighted by Gasteiger charge is -2.34. The molecular formula is C12H23N3O2. The second-order valence-electron chi connectivity index (χ2n) is 5.00. The van der Waals surface area contributed by atoms with Gasteiger partial charge < -0.3 is 14.8 Å². The molecular weight excluding hydrogens is 218 g/mol. The Labute approximate surface area is 103 Å². The lowest BCUT2D eigenvalue weighted by Crippen LogP contribution is -2.45. The van der Waals surface area contributed by atoms with E-state index in [1.54, 1.807) is 0 Å². The summed E-state index contributed by atoms with van der Waals surface area (Å²) in [5.74, 6) is 0.387. The van der Waals surface area contributed by atoms with Crippen LogP contribution < -0.4 is 0 Å². The first-order valence-electron chi connectivity index (χ1n) is 6.53. The summed E-state index contributed by atoms with van der Waals surface area (Å²) in [7, 11) is 0. The summed E-state index contributed by atoms with van der Waals surface area (Å²) in [5.41, 5.74) is 0.952. The highest BCUT2D eigenvalue weighted by Gasteiger charge is 2.22. The van der Waals surface area contributed by atoms with Gasteiger partial charge in [-0.15, -0.1) is 0 Å². The van der Waals surface area contributed by atoms with Gasteiger partial charge in [-0.3, -0.25) is 4.90 Å². The van der Waals surface area contributed by atoms with Gasteiger partial charge in [-0.25, -0.2) is 0 Å². The number of ether oxygens (including phenoxy) is 1. The Hall–Kier alpha value is -0.650. The van der Waals surface area contributed by atoms with Crippen LogP contribution in [0.4, 0.5) is 0 Å². The van der Waals surface area contributed by atoms with E-state index in [1.165, 1.54) is 0 Å². The highest BCUT2D eigenvalue weighted by Crippen LogP contribution is 2.13. The highest BCUT2D eigenvalue weighted by molar-refractivity contribution is 5.86. The van der Waals surface area contributed by atoms with Crippen LogP contribution in [0.2, 0.25) is 0 Å². The minimum absolute atomic E-state index is 0.387. The van der Waals surface area contributed by atoms with E-state index in [0.717, 1.165) is 64.6 Å². The van der Waals surface area contributed by atoms with Crippen molar-refractivity contribution in [3.63, 3.8) is 0 Å². The van der Waals surface area contributed by atoms with Gasteiger partial charge in [0.05, 0.1) is 18.9 Å². The van der Waals surface area contributed by atoms with Crippen LogP contribution in [-0.4, -0.2) is 73.2 Å². The maximum Gasteiger partial charge on any atom is 0.0624 e. The van der Waals surface area contributed by atoms with E-state index in [9.17, 15) is 0 Å². The molecule has 2 heterocycles. The monoisotopic (exact) mass is 241 g/mol. The largest absolute Gasteiger partial charge is 0.411 e. The Kier molecular flexibility index (Phi) is 4.76. The van der Waals surface area contributed by atoms with Crippen LogP contribution in [0.15, 0.2) is 5.16 Å². The van der Waals surface area contributed by atoms with E-state index in [2.05, 4.69) is 21.9 Å². The van der Waals surface area contributed by atoms with E-state index in [0.29, 0.717) is 5.92 Å². The number of hydrogen-bond acceptors (Lipinski definition) is 5. The minimum Gasteiger partial charge on any atom is -0.411 e. The van der Waals surface area contributed by atoms with Gasteiger partial charge in [0.1, 0.15) is 0 Å². The van der Waals surface area contributed by atoms with Crippen molar-refractivity contribution in [2.45, 2.75) is 13.3 Å². The highest BCUT2D eigenvalue weighted by atomic mass is 16.5. The van der Waals surface area contributed by atoms with Crippen LogP contribution in [-0.2, 0) is 4.74 Å². The lowest BCUT2D eigenvalue weighted by atomic mass is 9.98. The van der Waals surface area contributed by atoms with Gasteiger partial charge in [-0.2, -0.15) is 0 Å². The fraction of sp³-hybridized carbons (Fsp3) is 0.917. The Morgan fingerprint density at radius 3 is 2.59 bits per heavy atom. The van der Waals surface area contributed by atoms with Crippen LogP contribution >= 0.6 is 0 Å². The molecule has 1 N–H and O–H groups in total. The Bertz CT molecular complexity index is 264. The summed E-state index contributed by atoms with van der Waals surface area (Å²) < 4.78 is 5.34. The average molecular weight is 241 g/mol. The van der Waals surface area contributed by atoms with Gasteiger partial charge in [0, 0.05) is 51.6 Å². The standard InChI is InChI=1S/C12H23N3O2/c1-11-10-15(3-2-12(11)13-16)5-4-14-6-8-17-9-7-14/h11,16H,2-10H2,1H3. The smallest absolute Gasteiger partial charge is 0.0624 e. The Morgan fingerprint density at radius 2 is 1.94 bits per heavy atom. The van der Waals surface area contributed by atoms with Crippen molar-refractivity contribution in [2.75, 3.05) is 52.5 Å². The summed E-state index contributed by atoms with van der Waals surface area (Å²) in [6.45, 7) is 10.3. The molecule has 98 valence electrons. The van der Waals surface area contributed by atoms with Crippen molar-refractivity contribution >= 4 is 5.71 Å². The van der Waals surface area contributed by atoms with Gasteiger partial charge in [-0.1, -0.05) is 12.1 Å². The maximum absolute atomic E-state index is 8.83. The number of likely N-dealkylation sites (tertiary alicyclic amines) is 1. The molecule has 2 aliphatic heterocycles. The zero-order valence-corrected chi connectivity index (χ0v) is 10.6. The molecule has 0 aromatic carbocycles. The second kappa shape index (κ2) is 6.33. The molecule has 2 rings (SSSR count). The molecule has 0 bridgehead atoms. The molecule has 0 saturated carbocycles. The van der Waals surface area contributed by atoms with Crippen molar-refractivity contribution in [2.24, 2.45) is 11.1 Å². The van der Waals surface area contributed by atoms with Gasteiger partial charge >= 0.3 is 0 Å². The van der Waals surface area contributed by atoms with Gasteiger partial charge in [0.15, 0.2) is 0 Å². The van der Waals surface area contributed by atoms with E-state index in [-0.39, 0.29) is 0 Å². The van der Waals surface area contributed by atoms with Crippen molar-refractivity contribution < 1.29 is 9.94 Å². The second-order valence-corrected chi connectivity index (χ2v) is 5.00. The van der Waals surface area contributed by atoms with Crippen LogP contribution in [0.3, 0.4) is 0 Å². The number of oxime groups is 1. The SMILES string of the molecule is CC1CN(CCN2CCOCC2)CCC1=NO. The van der Waals surface area contributed by atoms with Crippen LogP contribution in [0, 0.1) is 5.92 Å². The number of morpholine rings is 1. The molecule has 2 saturated heterocycles. The van der Waals surface area contributed by atoms with E-state index < -0.39 is 0 Å². The molecule has 0 aromatic rings. The zero-order chi connectivity index (χ0) is 12.1. The van der Waals surface area contributed by atoms with E-state index in [1.807, 2.05) is 0 Å². The molecule has 0 spiro atoms. The van der Waals surface area contributed by atoms with Crippen molar-refractivity contribution in [3.05, 3.63) is 0 Å². The zero-order valence-electron chi connectivity index (χ0n) is 10.6. The lowest BCUT2D eigenvalue weighted by molar-refractivity contribution is 0.0327. The molecule has 2 aliphatic rings. The predicted molar refractivity (Wildman–Crippen MR) is 66.7 cm³/mol. The number of piperidine rings is 1. The van der Waals surface area contributed by atoms with Crippen LogP contribution in [0.25, 0.3) is 0 Å². The third kappa shape index (κ3) is 3.66. The fourth-order valence-corrected chi connectivity index (χ4v) is 2.56. The normalized spacial score (nSPS) is 30.9. The molecule has 0 aromatic heterocycles. The summed E-state index contributed by atoms with van der Waals surface area (Å²) in [6.07, 6.45) is 0.904. The predicted octanol–water partition coefficient (Wildman–Crippen LogP) is 0.491. The number of nitrogens with zero attached hydrogens (tertiary/aromatic N) is 3. The molecule has 1 atom stereocenters. The molecule has 0 amide bonds.